The maximum absolute atomic E-state index is 13.4. The highest BCUT2D eigenvalue weighted by atomic mass is 16.5. The lowest BCUT2D eigenvalue weighted by atomic mass is 10.2. The summed E-state index contributed by atoms with van der Waals surface area (Å²) in [4.78, 5) is 38.8. The van der Waals surface area contributed by atoms with E-state index in [1.54, 1.807) is 46.3 Å². The number of quaternary nitrogens is 1. The summed E-state index contributed by atoms with van der Waals surface area (Å²) in [6.07, 6.45) is 2.16. The van der Waals surface area contributed by atoms with Crippen LogP contribution in [0.5, 0.6) is 5.75 Å². The van der Waals surface area contributed by atoms with Crippen molar-refractivity contribution >= 4 is 24.2 Å². The third-order valence-electron chi connectivity index (χ3n) is 5.65. The summed E-state index contributed by atoms with van der Waals surface area (Å²) in [5, 5.41) is 10.1. The monoisotopic (exact) mass is 449 g/mol. The number of urea groups is 1. The van der Waals surface area contributed by atoms with Crippen LogP contribution in [0.4, 0.5) is 9.59 Å². The van der Waals surface area contributed by atoms with Crippen LogP contribution in [0.2, 0.25) is 0 Å². The fraction of sp³-hybridized carbons (Fsp3) is 0.522. The van der Waals surface area contributed by atoms with Gasteiger partial charge in [-0.15, -0.1) is 4.48 Å². The number of imide groups is 1. The Labute approximate surface area is 188 Å². The summed E-state index contributed by atoms with van der Waals surface area (Å²) in [5.74, 6) is 0.185. The molecule has 1 heterocycles. The normalized spacial score (nSPS) is 22.5. The van der Waals surface area contributed by atoms with Gasteiger partial charge in [-0.3, -0.25) is 9.69 Å². The molecule has 9 heteroatoms. The van der Waals surface area contributed by atoms with E-state index in [0.717, 1.165) is 5.56 Å². The lowest BCUT2D eigenvalue weighted by molar-refractivity contribution is -0.792. The maximum atomic E-state index is 13.4. The van der Waals surface area contributed by atoms with Crippen molar-refractivity contribution in [2.24, 2.45) is 0 Å². The lowest BCUT2D eigenvalue weighted by Gasteiger charge is -2.33. The van der Waals surface area contributed by atoms with Gasteiger partial charge in [-0.1, -0.05) is 12.1 Å². The largest absolute Gasteiger partial charge is 0.523 e. The van der Waals surface area contributed by atoms with Crippen LogP contribution in [-0.2, 0) is 14.3 Å². The van der Waals surface area contributed by atoms with Gasteiger partial charge in [0.05, 0.1) is 26.4 Å². The SMILES string of the molecule is CCOC(=O)CCN(CC)C(=O)[N@@+]1(C(=O)O)C[C@H](Oc2ccc(C=COC)cc2)C[C@H]1C. The van der Waals surface area contributed by atoms with Crippen LogP contribution in [0.25, 0.3) is 6.08 Å². The van der Waals surface area contributed by atoms with E-state index in [9.17, 15) is 19.5 Å². The minimum Gasteiger partial charge on any atom is -0.504 e. The number of ether oxygens (including phenoxy) is 3. The van der Waals surface area contributed by atoms with Gasteiger partial charge >= 0.3 is 18.1 Å². The second-order valence-electron chi connectivity index (χ2n) is 7.68. The quantitative estimate of drug-likeness (QED) is 0.348. The number of carbonyl (C=O) groups is 3. The molecule has 0 aromatic heterocycles. The lowest BCUT2D eigenvalue weighted by Crippen LogP contribution is -2.63. The molecule has 1 saturated heterocycles. The molecule has 0 radical (unpaired) electrons. The van der Waals surface area contributed by atoms with Gasteiger partial charge in [0.25, 0.3) is 0 Å². The number of amides is 3. The Morgan fingerprint density at radius 2 is 1.91 bits per heavy atom. The van der Waals surface area contributed by atoms with Crippen LogP contribution in [0, 0.1) is 0 Å². The zero-order valence-electron chi connectivity index (χ0n) is 19.2. The van der Waals surface area contributed by atoms with Gasteiger partial charge in [0, 0.05) is 19.5 Å². The second-order valence-corrected chi connectivity index (χ2v) is 7.68. The Balaban J connectivity index is 2.13. The number of hydrogen-bond acceptors (Lipinski definition) is 6. The number of hydrogen-bond donors (Lipinski definition) is 1. The summed E-state index contributed by atoms with van der Waals surface area (Å²) >= 11 is 0. The predicted octanol–water partition coefficient (Wildman–Crippen LogP) is 3.73. The maximum Gasteiger partial charge on any atom is 0.523 e. The first-order valence-corrected chi connectivity index (χ1v) is 10.8. The minimum absolute atomic E-state index is 0.0105. The second kappa shape index (κ2) is 11.5. The van der Waals surface area contributed by atoms with Crippen molar-refractivity contribution in [3.63, 3.8) is 0 Å². The molecular formula is C23H33N2O7+. The molecule has 1 N–H and O–H groups in total. The average Bonchev–Trinajstić information content (AvgIpc) is 3.10. The fourth-order valence-corrected chi connectivity index (χ4v) is 3.93. The van der Waals surface area contributed by atoms with Crippen LogP contribution in [0.3, 0.4) is 0 Å². The Kier molecular flexibility index (Phi) is 9.07. The molecule has 1 aliphatic heterocycles. The van der Waals surface area contributed by atoms with Crippen molar-refractivity contribution in [3.05, 3.63) is 36.1 Å². The molecule has 2 rings (SSSR count). The number of rotatable bonds is 9. The smallest absolute Gasteiger partial charge is 0.504 e. The third kappa shape index (κ3) is 5.79. The summed E-state index contributed by atoms with van der Waals surface area (Å²) < 4.78 is 15.1. The standard InChI is InChI=1S/C23H32N2O7/c1-5-24(13-11-21(26)31-6-2)22(27)25(23(28)29)16-20(15-17(25)3)32-19-9-7-18(8-10-19)12-14-30-4/h7-10,12,14,17,20H,5-6,11,13,15-16H2,1-4H3/p+1/t17-,20-,25-/m1/s1. The Morgan fingerprint density at radius 3 is 2.47 bits per heavy atom. The van der Waals surface area contributed by atoms with Gasteiger partial charge in [-0.05, 0) is 44.5 Å². The molecule has 32 heavy (non-hydrogen) atoms. The number of methoxy groups -OCH3 is 1. The molecule has 0 aliphatic carbocycles. The highest BCUT2D eigenvalue weighted by Gasteiger charge is 2.59. The Morgan fingerprint density at radius 1 is 1.22 bits per heavy atom. The molecule has 0 spiro atoms. The summed E-state index contributed by atoms with van der Waals surface area (Å²) in [6.45, 7) is 5.88. The Bertz CT molecular complexity index is 824. The molecular weight excluding hydrogens is 416 g/mol. The van der Waals surface area contributed by atoms with Crippen molar-refractivity contribution in [2.45, 2.75) is 45.8 Å². The molecule has 1 fully saturated rings. The van der Waals surface area contributed by atoms with E-state index in [1.165, 1.54) is 4.90 Å². The van der Waals surface area contributed by atoms with E-state index in [0.29, 0.717) is 18.7 Å². The number of benzene rings is 1. The molecule has 0 bridgehead atoms. The highest BCUT2D eigenvalue weighted by Crippen LogP contribution is 2.32. The molecule has 0 saturated carbocycles. The van der Waals surface area contributed by atoms with Crippen molar-refractivity contribution in [1.29, 1.82) is 0 Å². The molecule has 3 amide bonds. The van der Waals surface area contributed by atoms with E-state index < -0.39 is 34.7 Å². The fourth-order valence-electron chi connectivity index (χ4n) is 3.93. The molecule has 3 atom stereocenters. The predicted molar refractivity (Wildman–Crippen MR) is 118 cm³/mol. The van der Waals surface area contributed by atoms with Gasteiger partial charge < -0.3 is 19.3 Å². The summed E-state index contributed by atoms with van der Waals surface area (Å²) in [7, 11) is 1.57. The van der Waals surface area contributed by atoms with E-state index in [-0.39, 0.29) is 26.1 Å². The Hall–Kier alpha value is -3.07. The van der Waals surface area contributed by atoms with Crippen molar-refractivity contribution in [3.8, 4) is 5.75 Å². The number of esters is 1. The van der Waals surface area contributed by atoms with Gasteiger partial charge in [0.1, 0.15) is 18.3 Å². The molecule has 1 aliphatic rings. The van der Waals surface area contributed by atoms with Gasteiger partial charge in [-0.2, -0.15) is 4.79 Å². The minimum atomic E-state index is -1.22. The topological polar surface area (TPSA) is 102 Å². The summed E-state index contributed by atoms with van der Waals surface area (Å²) in [6, 6.07) is 6.30. The molecule has 9 nitrogen and oxygen atoms in total. The van der Waals surface area contributed by atoms with Crippen LogP contribution < -0.4 is 4.74 Å². The van der Waals surface area contributed by atoms with E-state index in [4.69, 9.17) is 14.2 Å². The highest BCUT2D eigenvalue weighted by molar-refractivity contribution is 5.80. The van der Waals surface area contributed by atoms with Crippen LogP contribution >= 0.6 is 0 Å². The number of carbonyl (C=O) groups excluding carboxylic acids is 2. The first-order chi connectivity index (χ1) is 15.3. The van der Waals surface area contributed by atoms with Crippen LogP contribution in [0.1, 0.15) is 39.2 Å². The number of nitrogens with zero attached hydrogens (tertiary/aromatic N) is 2. The zero-order chi connectivity index (χ0) is 23.7. The average molecular weight is 450 g/mol. The number of likely N-dealkylation sites (tertiary alicyclic amines) is 1. The van der Waals surface area contributed by atoms with Crippen molar-refractivity contribution < 1.29 is 38.2 Å². The van der Waals surface area contributed by atoms with Crippen LogP contribution in [0.15, 0.2) is 30.5 Å². The van der Waals surface area contributed by atoms with Crippen LogP contribution in [-0.4, -0.2) is 78.1 Å². The van der Waals surface area contributed by atoms with Crippen molar-refractivity contribution in [1.82, 2.24) is 4.90 Å². The van der Waals surface area contributed by atoms with Gasteiger partial charge in [0.15, 0.2) is 6.10 Å². The van der Waals surface area contributed by atoms with Gasteiger partial charge in [0.2, 0.25) is 0 Å². The molecule has 176 valence electrons. The summed E-state index contributed by atoms with van der Waals surface area (Å²) in [5.41, 5.74) is 0.935. The molecule has 0 unspecified atom stereocenters. The molecule has 1 aromatic rings. The van der Waals surface area contributed by atoms with Crippen molar-refractivity contribution in [2.75, 3.05) is 33.4 Å². The first-order valence-electron chi connectivity index (χ1n) is 10.8. The first kappa shape index (κ1) is 25.2. The van der Waals surface area contributed by atoms with E-state index >= 15 is 0 Å². The third-order valence-corrected chi connectivity index (χ3v) is 5.65. The van der Waals surface area contributed by atoms with Gasteiger partial charge in [-0.25, -0.2) is 4.79 Å². The number of carboxylic acid groups (broad SMARTS) is 1. The van der Waals surface area contributed by atoms with E-state index in [1.807, 2.05) is 18.2 Å². The molecule has 1 aromatic carbocycles. The zero-order valence-corrected chi connectivity index (χ0v) is 19.2. The van der Waals surface area contributed by atoms with E-state index in [2.05, 4.69) is 0 Å².